The Labute approximate surface area is 154 Å². The Kier molecular flexibility index (Phi) is 5.66. The molecule has 1 N–H and O–H groups in total. The minimum absolute atomic E-state index is 0.0291. The predicted octanol–water partition coefficient (Wildman–Crippen LogP) is 2.66. The number of aryl methyl sites for hydroxylation is 2. The van der Waals surface area contributed by atoms with Crippen molar-refractivity contribution in [3.63, 3.8) is 0 Å². The lowest BCUT2D eigenvalue weighted by atomic mass is 10.0. The van der Waals surface area contributed by atoms with Crippen LogP contribution in [-0.4, -0.2) is 29.9 Å². The number of benzene rings is 1. The maximum atomic E-state index is 12.5. The van der Waals surface area contributed by atoms with Crippen molar-refractivity contribution in [1.82, 2.24) is 10.3 Å². The molecule has 1 aliphatic heterocycles. The maximum absolute atomic E-state index is 12.5. The van der Waals surface area contributed by atoms with Gasteiger partial charge in [-0.2, -0.15) is 0 Å². The van der Waals surface area contributed by atoms with Gasteiger partial charge in [-0.3, -0.25) is 14.6 Å². The van der Waals surface area contributed by atoms with E-state index in [1.165, 1.54) is 0 Å². The van der Waals surface area contributed by atoms with Crippen LogP contribution in [0.1, 0.15) is 30.0 Å². The van der Waals surface area contributed by atoms with Gasteiger partial charge >= 0.3 is 0 Å². The van der Waals surface area contributed by atoms with E-state index in [9.17, 15) is 9.59 Å². The third-order valence-corrected chi connectivity index (χ3v) is 4.90. The summed E-state index contributed by atoms with van der Waals surface area (Å²) in [4.78, 5) is 30.9. The highest BCUT2D eigenvalue weighted by atomic mass is 16.2. The van der Waals surface area contributed by atoms with E-state index in [1.807, 2.05) is 31.2 Å². The number of aromatic nitrogens is 1. The van der Waals surface area contributed by atoms with Crippen molar-refractivity contribution in [1.29, 1.82) is 0 Å². The van der Waals surface area contributed by atoms with Gasteiger partial charge in [-0.1, -0.05) is 31.2 Å². The summed E-state index contributed by atoms with van der Waals surface area (Å²) in [6.07, 6.45) is 5.41. The largest absolute Gasteiger partial charge is 0.355 e. The SMILES string of the molecule is CCc1cccc(C)c1N1C[C@@H](C(=O)NCCc2cccnc2)CC1=O. The first-order valence-electron chi connectivity index (χ1n) is 9.15. The van der Waals surface area contributed by atoms with Crippen molar-refractivity contribution >= 4 is 17.5 Å². The van der Waals surface area contributed by atoms with E-state index in [2.05, 4.69) is 23.3 Å². The Morgan fingerprint density at radius 2 is 2.15 bits per heavy atom. The maximum Gasteiger partial charge on any atom is 0.227 e. The van der Waals surface area contributed by atoms with Crippen LogP contribution >= 0.6 is 0 Å². The van der Waals surface area contributed by atoms with Gasteiger partial charge in [-0.05, 0) is 42.5 Å². The minimum Gasteiger partial charge on any atom is -0.355 e. The Balaban J connectivity index is 1.62. The second-order valence-corrected chi connectivity index (χ2v) is 6.74. The Bertz CT molecular complexity index is 789. The number of nitrogens with zero attached hydrogens (tertiary/aromatic N) is 2. The number of hydrogen-bond donors (Lipinski definition) is 1. The zero-order chi connectivity index (χ0) is 18.5. The summed E-state index contributed by atoms with van der Waals surface area (Å²) in [7, 11) is 0. The molecule has 3 rings (SSSR count). The molecular formula is C21H25N3O2. The topological polar surface area (TPSA) is 62.3 Å². The van der Waals surface area contributed by atoms with E-state index in [-0.39, 0.29) is 24.2 Å². The zero-order valence-electron chi connectivity index (χ0n) is 15.4. The molecule has 0 saturated carbocycles. The molecule has 5 nitrogen and oxygen atoms in total. The predicted molar refractivity (Wildman–Crippen MR) is 102 cm³/mol. The fraction of sp³-hybridized carbons (Fsp3) is 0.381. The number of carbonyl (C=O) groups excluding carboxylic acids is 2. The molecule has 0 spiro atoms. The van der Waals surface area contributed by atoms with Gasteiger partial charge in [0.2, 0.25) is 11.8 Å². The molecular weight excluding hydrogens is 326 g/mol. The monoisotopic (exact) mass is 351 g/mol. The molecule has 1 fully saturated rings. The van der Waals surface area contributed by atoms with Gasteiger partial charge < -0.3 is 10.2 Å². The van der Waals surface area contributed by atoms with Crippen LogP contribution in [0.15, 0.2) is 42.7 Å². The highest BCUT2D eigenvalue weighted by molar-refractivity contribution is 6.01. The molecule has 0 bridgehead atoms. The molecule has 26 heavy (non-hydrogen) atoms. The van der Waals surface area contributed by atoms with Crippen LogP contribution in [0.2, 0.25) is 0 Å². The fourth-order valence-electron chi connectivity index (χ4n) is 3.51. The van der Waals surface area contributed by atoms with Gasteiger partial charge in [0.15, 0.2) is 0 Å². The number of anilines is 1. The van der Waals surface area contributed by atoms with Crippen molar-refractivity contribution in [2.75, 3.05) is 18.0 Å². The average molecular weight is 351 g/mol. The summed E-state index contributed by atoms with van der Waals surface area (Å²) in [5.74, 6) is -0.307. The highest BCUT2D eigenvalue weighted by Gasteiger charge is 2.36. The molecule has 1 aromatic heterocycles. The number of amides is 2. The molecule has 1 atom stereocenters. The lowest BCUT2D eigenvalue weighted by Gasteiger charge is -2.22. The third-order valence-electron chi connectivity index (χ3n) is 4.90. The summed E-state index contributed by atoms with van der Waals surface area (Å²) >= 11 is 0. The summed E-state index contributed by atoms with van der Waals surface area (Å²) in [6.45, 7) is 5.11. The summed E-state index contributed by atoms with van der Waals surface area (Å²) in [6, 6.07) is 9.96. The molecule has 5 heteroatoms. The summed E-state index contributed by atoms with van der Waals surface area (Å²) in [5.41, 5.74) is 4.29. The summed E-state index contributed by atoms with van der Waals surface area (Å²) < 4.78 is 0. The summed E-state index contributed by atoms with van der Waals surface area (Å²) in [5, 5.41) is 2.96. The van der Waals surface area contributed by atoms with Gasteiger partial charge in [-0.25, -0.2) is 0 Å². The van der Waals surface area contributed by atoms with Gasteiger partial charge in [0.05, 0.1) is 5.92 Å². The lowest BCUT2D eigenvalue weighted by molar-refractivity contribution is -0.126. The van der Waals surface area contributed by atoms with Crippen molar-refractivity contribution < 1.29 is 9.59 Å². The highest BCUT2D eigenvalue weighted by Crippen LogP contribution is 2.31. The second-order valence-electron chi connectivity index (χ2n) is 6.74. The van der Waals surface area contributed by atoms with Crippen LogP contribution in [0.5, 0.6) is 0 Å². The number of pyridine rings is 1. The third kappa shape index (κ3) is 3.93. The smallest absolute Gasteiger partial charge is 0.227 e. The zero-order valence-corrected chi connectivity index (χ0v) is 15.4. The van der Waals surface area contributed by atoms with E-state index in [4.69, 9.17) is 0 Å². The van der Waals surface area contributed by atoms with Crippen LogP contribution < -0.4 is 10.2 Å². The molecule has 0 unspecified atom stereocenters. The van der Waals surface area contributed by atoms with E-state index < -0.39 is 0 Å². The van der Waals surface area contributed by atoms with Crippen LogP contribution in [0.4, 0.5) is 5.69 Å². The Morgan fingerprint density at radius 1 is 1.31 bits per heavy atom. The first kappa shape index (κ1) is 18.1. The normalized spacial score (nSPS) is 16.8. The molecule has 1 aromatic carbocycles. The average Bonchev–Trinajstić information content (AvgIpc) is 3.03. The van der Waals surface area contributed by atoms with Gasteiger partial charge in [0.25, 0.3) is 0 Å². The molecule has 136 valence electrons. The standard InChI is InChI=1S/C21H25N3O2/c1-3-17-8-4-6-15(2)20(17)24-14-18(12-19(24)25)21(26)23-11-9-16-7-5-10-22-13-16/h4-8,10,13,18H,3,9,11-12,14H2,1-2H3,(H,23,26)/t18-/m0/s1. The Morgan fingerprint density at radius 3 is 2.88 bits per heavy atom. The van der Waals surface area contributed by atoms with Crippen molar-refractivity contribution in [3.05, 3.63) is 59.4 Å². The molecule has 1 saturated heterocycles. The van der Waals surface area contributed by atoms with Gasteiger partial charge in [0.1, 0.15) is 0 Å². The van der Waals surface area contributed by atoms with Crippen molar-refractivity contribution in [2.45, 2.75) is 33.1 Å². The van der Waals surface area contributed by atoms with E-state index in [0.717, 1.165) is 35.2 Å². The first-order chi connectivity index (χ1) is 12.6. The molecule has 2 amide bonds. The second kappa shape index (κ2) is 8.13. The van der Waals surface area contributed by atoms with Crippen LogP contribution in [0.3, 0.4) is 0 Å². The molecule has 1 aliphatic rings. The molecule has 0 aliphatic carbocycles. The number of rotatable bonds is 6. The van der Waals surface area contributed by atoms with E-state index in [0.29, 0.717) is 13.1 Å². The first-order valence-corrected chi connectivity index (χ1v) is 9.15. The molecule has 2 aromatic rings. The van der Waals surface area contributed by atoms with Gasteiger partial charge in [-0.15, -0.1) is 0 Å². The fourth-order valence-corrected chi connectivity index (χ4v) is 3.51. The molecule has 2 heterocycles. The molecule has 0 radical (unpaired) electrons. The van der Waals surface area contributed by atoms with Crippen LogP contribution in [0.25, 0.3) is 0 Å². The van der Waals surface area contributed by atoms with Crippen LogP contribution in [0, 0.1) is 12.8 Å². The van der Waals surface area contributed by atoms with Gasteiger partial charge in [0, 0.05) is 37.6 Å². The van der Waals surface area contributed by atoms with Crippen molar-refractivity contribution in [3.8, 4) is 0 Å². The Hall–Kier alpha value is -2.69. The number of carbonyl (C=O) groups is 2. The number of hydrogen-bond acceptors (Lipinski definition) is 3. The van der Waals surface area contributed by atoms with E-state index in [1.54, 1.807) is 17.3 Å². The van der Waals surface area contributed by atoms with Crippen LogP contribution in [-0.2, 0) is 22.4 Å². The number of para-hydroxylation sites is 1. The quantitative estimate of drug-likeness (QED) is 0.870. The van der Waals surface area contributed by atoms with E-state index >= 15 is 0 Å². The van der Waals surface area contributed by atoms with Crippen molar-refractivity contribution in [2.24, 2.45) is 5.92 Å². The minimum atomic E-state index is -0.291. The number of nitrogens with one attached hydrogen (secondary N) is 1. The lowest BCUT2D eigenvalue weighted by Crippen LogP contribution is -2.34.